The van der Waals surface area contributed by atoms with Crippen LogP contribution >= 0.6 is 11.6 Å². The minimum absolute atomic E-state index is 0.279. The third-order valence-electron chi connectivity index (χ3n) is 1.66. The number of rotatable bonds is 3. The molecule has 0 amide bonds. The van der Waals surface area contributed by atoms with E-state index in [0.717, 1.165) is 0 Å². The molecule has 0 radical (unpaired) electrons. The molecule has 1 heterocycles. The Kier molecular flexibility index (Phi) is 7.56. The number of aliphatic hydroxyl groups is 1. The zero-order chi connectivity index (χ0) is 13.5. The maximum atomic E-state index is 9.23. The minimum atomic E-state index is -4.69. The second-order valence-corrected chi connectivity index (χ2v) is 4.38. The molecule has 0 spiro atoms. The lowest BCUT2D eigenvalue weighted by molar-refractivity contribution is -1.92. The van der Waals surface area contributed by atoms with E-state index in [9.17, 15) is 5.11 Å². The van der Waals surface area contributed by atoms with Gasteiger partial charge in [-0.2, -0.15) is 14.0 Å². The first-order valence-electron chi connectivity index (χ1n) is 4.55. The van der Waals surface area contributed by atoms with Gasteiger partial charge in [0.15, 0.2) is 18.9 Å². The van der Waals surface area contributed by atoms with Crippen LogP contribution in [-0.2, 0) is 6.54 Å². The summed E-state index contributed by atoms with van der Waals surface area (Å²) in [6.07, 6.45) is 3.41. The zero-order valence-corrected chi connectivity index (χ0v) is 10.6. The summed E-state index contributed by atoms with van der Waals surface area (Å²) >= 11 is 5.47. The second-order valence-electron chi connectivity index (χ2n) is 3.28. The summed E-state index contributed by atoms with van der Waals surface area (Å²) in [5.41, 5.74) is 1.21. The highest BCUT2D eigenvalue weighted by Gasteiger charge is 2.07. The van der Waals surface area contributed by atoms with Gasteiger partial charge in [-0.25, -0.2) is 4.57 Å². The molecule has 1 aromatic rings. The summed E-state index contributed by atoms with van der Waals surface area (Å²) in [7, 11) is -4.69. The van der Waals surface area contributed by atoms with Crippen LogP contribution in [0.1, 0.15) is 5.56 Å². The Balaban J connectivity index is 0.000000437. The van der Waals surface area contributed by atoms with Gasteiger partial charge in [0.1, 0.15) is 6.10 Å². The molecule has 1 aromatic heterocycles. The molecule has 0 saturated heterocycles. The fraction of sp³-hybridized carbons (Fsp3) is 0.444. The average Bonchev–Trinajstić information content (AvgIpc) is 2.19. The zero-order valence-electron chi connectivity index (χ0n) is 9.12. The molecular weight excluding hydrogens is 273 g/mol. The van der Waals surface area contributed by atoms with Gasteiger partial charge in [0.25, 0.3) is 0 Å². The lowest BCUT2D eigenvalue weighted by Gasteiger charge is -2.03. The Bertz CT molecular complexity index is 308. The van der Waals surface area contributed by atoms with E-state index in [0.29, 0.717) is 6.54 Å². The van der Waals surface area contributed by atoms with Gasteiger partial charge in [0.05, 0.1) is 20.8 Å². The van der Waals surface area contributed by atoms with Crippen LogP contribution in [0, 0.1) is 17.2 Å². The monoisotopic (exact) mass is 286 g/mol. The van der Waals surface area contributed by atoms with Gasteiger partial charge in [0.2, 0.25) is 0 Å². The van der Waals surface area contributed by atoms with Crippen molar-refractivity contribution in [3.63, 3.8) is 0 Å². The SMILES string of the molecule is Cc1cc[n+](CC(O)CCl)cc1.[O-][Cl+3]([O-])([O-])O. The fourth-order valence-corrected chi connectivity index (χ4v) is 1.04. The van der Waals surface area contributed by atoms with Crippen LogP contribution < -0.4 is 18.5 Å². The molecule has 0 fully saturated rings. The topological polar surface area (TPSA) is 114 Å². The number of alkyl halides is 1. The van der Waals surface area contributed by atoms with Crippen LogP contribution in [0.5, 0.6) is 0 Å². The van der Waals surface area contributed by atoms with Crippen molar-refractivity contribution >= 4 is 11.6 Å². The van der Waals surface area contributed by atoms with Gasteiger partial charge in [0, 0.05) is 12.1 Å². The van der Waals surface area contributed by atoms with Crippen LogP contribution in [0.2, 0.25) is 0 Å². The van der Waals surface area contributed by atoms with Crippen LogP contribution in [0.3, 0.4) is 0 Å². The molecule has 1 rings (SSSR count). The van der Waals surface area contributed by atoms with Crippen molar-refractivity contribution in [2.45, 2.75) is 19.6 Å². The van der Waals surface area contributed by atoms with E-state index in [4.69, 9.17) is 30.2 Å². The van der Waals surface area contributed by atoms with E-state index in [1.54, 1.807) is 0 Å². The van der Waals surface area contributed by atoms with Crippen LogP contribution in [-0.4, -0.2) is 21.7 Å². The predicted octanol–water partition coefficient (Wildman–Crippen LogP) is -3.24. The molecular formula is C9H14Cl2NO5+. The molecule has 2 N–H and O–H groups in total. The highest BCUT2D eigenvalue weighted by molar-refractivity contribution is 6.18. The van der Waals surface area contributed by atoms with Crippen molar-refractivity contribution in [1.29, 1.82) is 0 Å². The Morgan fingerprint density at radius 3 is 2.12 bits per heavy atom. The van der Waals surface area contributed by atoms with Gasteiger partial charge in [-0.1, -0.05) is 0 Å². The number of hydrogen-bond donors (Lipinski definition) is 2. The first-order chi connectivity index (χ1) is 7.72. The molecule has 0 saturated carbocycles. The van der Waals surface area contributed by atoms with Crippen molar-refractivity contribution < 1.29 is 38.6 Å². The lowest BCUT2D eigenvalue weighted by atomic mass is 10.3. The van der Waals surface area contributed by atoms with Crippen LogP contribution in [0.4, 0.5) is 0 Å². The molecule has 98 valence electrons. The van der Waals surface area contributed by atoms with E-state index in [-0.39, 0.29) is 5.88 Å². The summed E-state index contributed by atoms with van der Waals surface area (Å²) in [6, 6.07) is 4.00. The molecule has 0 aromatic carbocycles. The van der Waals surface area contributed by atoms with Crippen molar-refractivity contribution in [1.82, 2.24) is 0 Å². The van der Waals surface area contributed by atoms with Gasteiger partial charge < -0.3 is 5.11 Å². The molecule has 1 atom stereocenters. The fourth-order valence-electron chi connectivity index (χ4n) is 0.946. The Labute approximate surface area is 106 Å². The molecule has 6 nitrogen and oxygen atoms in total. The number of nitrogens with zero attached hydrogens (tertiary/aromatic N) is 1. The van der Waals surface area contributed by atoms with Gasteiger partial charge in [-0.15, -0.1) is 11.6 Å². The van der Waals surface area contributed by atoms with Crippen LogP contribution in [0.15, 0.2) is 24.5 Å². The van der Waals surface area contributed by atoms with E-state index in [1.807, 2.05) is 36.0 Å². The maximum absolute atomic E-state index is 9.23. The molecule has 0 aliphatic rings. The molecule has 0 aliphatic carbocycles. The van der Waals surface area contributed by atoms with E-state index in [2.05, 4.69) is 0 Å². The number of aliphatic hydroxyl groups excluding tert-OH is 1. The van der Waals surface area contributed by atoms with Gasteiger partial charge in [-0.3, -0.25) is 0 Å². The summed E-state index contributed by atoms with van der Waals surface area (Å²) < 4.78 is 34.6. The van der Waals surface area contributed by atoms with Crippen molar-refractivity contribution in [2.75, 3.05) is 5.88 Å². The first kappa shape index (κ1) is 16.5. The number of halogens is 2. The van der Waals surface area contributed by atoms with E-state index < -0.39 is 16.3 Å². The molecule has 0 bridgehead atoms. The van der Waals surface area contributed by atoms with Gasteiger partial charge in [-0.05, 0) is 12.5 Å². The van der Waals surface area contributed by atoms with Crippen molar-refractivity contribution in [2.24, 2.45) is 0 Å². The van der Waals surface area contributed by atoms with E-state index >= 15 is 0 Å². The maximum Gasteiger partial charge on any atom is 0.175 e. The second kappa shape index (κ2) is 7.78. The van der Waals surface area contributed by atoms with Gasteiger partial charge >= 0.3 is 0 Å². The number of hydrogen-bond acceptors (Lipinski definition) is 5. The third-order valence-corrected chi connectivity index (χ3v) is 2.01. The number of aromatic nitrogens is 1. The highest BCUT2D eigenvalue weighted by Crippen LogP contribution is 1.92. The summed E-state index contributed by atoms with van der Waals surface area (Å²) in [4.78, 5) is 0. The number of aryl methyl sites for hydroxylation is 1. The van der Waals surface area contributed by atoms with Crippen molar-refractivity contribution in [3.05, 3.63) is 30.1 Å². The normalized spacial score (nSPS) is 12.6. The molecule has 0 aliphatic heterocycles. The van der Waals surface area contributed by atoms with Crippen LogP contribution in [0.25, 0.3) is 0 Å². The highest BCUT2D eigenvalue weighted by atomic mass is 35.7. The standard InChI is InChI=1S/C9H13ClNO.ClHO4/c1-8-2-4-11(5-3-8)7-9(12)6-10;2-1(3,4)5/h2-5,9,12H,6-7H2,1H3;(H,2,3,4,5)/q+1;. The largest absolute Gasteiger partial charge is 0.385 e. The molecule has 17 heavy (non-hydrogen) atoms. The molecule has 8 heteroatoms. The van der Waals surface area contributed by atoms with Crippen molar-refractivity contribution in [3.8, 4) is 0 Å². The number of pyridine rings is 1. The Morgan fingerprint density at radius 2 is 1.76 bits per heavy atom. The minimum Gasteiger partial charge on any atom is -0.385 e. The summed E-state index contributed by atoms with van der Waals surface area (Å²) in [5.74, 6) is 0.279. The summed E-state index contributed by atoms with van der Waals surface area (Å²) in [5, 5.41) is 9.23. The lowest BCUT2D eigenvalue weighted by Crippen LogP contribution is -2.58. The first-order valence-corrected chi connectivity index (χ1v) is 6.35. The summed E-state index contributed by atoms with van der Waals surface area (Å²) in [6.45, 7) is 2.59. The Hall–Kier alpha value is -0.470. The Morgan fingerprint density at radius 1 is 1.35 bits per heavy atom. The third kappa shape index (κ3) is 11.8. The predicted molar refractivity (Wildman–Crippen MR) is 50.3 cm³/mol. The quantitative estimate of drug-likeness (QED) is 0.448. The molecule has 1 unspecified atom stereocenters. The average molecular weight is 287 g/mol. The smallest absolute Gasteiger partial charge is 0.175 e. The van der Waals surface area contributed by atoms with E-state index in [1.165, 1.54) is 5.56 Å².